The minimum atomic E-state index is -0.235. The maximum atomic E-state index is 13.3. The molecule has 3 N–H and O–H groups in total. The summed E-state index contributed by atoms with van der Waals surface area (Å²) in [7, 11) is 1.75. The molecule has 4 rings (SSSR count). The van der Waals surface area contributed by atoms with Crippen LogP contribution in [0.2, 0.25) is 0 Å². The number of fused-ring (bicyclic) bond motifs is 1. The molecule has 0 fully saturated rings. The standard InChI is InChI=1S/C24H26FN5O.HI/c1-16-3-5-17(6-4-16)23-30-20(15-31-23)10-12-28-24(26-2)27-11-9-18-14-29-22-13-19(25)7-8-21(18)22;/h3-8,13-15,29H,9-12H2,1-2H3,(H2,26,27,28);1H. The Morgan fingerprint density at radius 3 is 2.59 bits per heavy atom. The highest BCUT2D eigenvalue weighted by atomic mass is 127. The molecule has 0 aliphatic carbocycles. The van der Waals surface area contributed by atoms with E-state index in [0.717, 1.165) is 46.5 Å². The monoisotopic (exact) mass is 547 g/mol. The fourth-order valence-corrected chi connectivity index (χ4v) is 3.46. The Balaban J connectivity index is 0.00000289. The summed E-state index contributed by atoms with van der Waals surface area (Å²) in [6.07, 6.45) is 5.16. The summed E-state index contributed by atoms with van der Waals surface area (Å²) in [4.78, 5) is 12.0. The normalized spacial score (nSPS) is 11.4. The second-order valence-corrected chi connectivity index (χ2v) is 7.44. The number of aromatic nitrogens is 2. The van der Waals surface area contributed by atoms with Gasteiger partial charge < -0.3 is 20.0 Å². The molecular weight excluding hydrogens is 520 g/mol. The van der Waals surface area contributed by atoms with Crippen LogP contribution in [0.25, 0.3) is 22.4 Å². The summed E-state index contributed by atoms with van der Waals surface area (Å²) in [6.45, 7) is 3.45. The van der Waals surface area contributed by atoms with Crippen molar-refractivity contribution < 1.29 is 8.81 Å². The third-order valence-corrected chi connectivity index (χ3v) is 5.16. The number of aliphatic imine (C=N–C) groups is 1. The molecule has 0 unspecified atom stereocenters. The molecule has 0 saturated heterocycles. The lowest BCUT2D eigenvalue weighted by Crippen LogP contribution is -2.39. The Morgan fingerprint density at radius 1 is 1.09 bits per heavy atom. The molecule has 0 saturated carbocycles. The highest BCUT2D eigenvalue weighted by Crippen LogP contribution is 2.20. The fraction of sp³-hybridized carbons (Fsp3) is 0.250. The molecule has 2 aromatic heterocycles. The topological polar surface area (TPSA) is 78.2 Å². The van der Waals surface area contributed by atoms with Gasteiger partial charge in [-0.2, -0.15) is 0 Å². The Hall–Kier alpha value is -2.88. The van der Waals surface area contributed by atoms with Gasteiger partial charge in [-0.3, -0.25) is 4.99 Å². The number of hydrogen-bond acceptors (Lipinski definition) is 3. The molecule has 8 heteroatoms. The SMILES string of the molecule is CN=C(NCCc1coc(-c2ccc(C)cc2)n1)NCCc1c[nH]c2cc(F)ccc12.I. The molecule has 168 valence electrons. The van der Waals surface area contributed by atoms with Gasteiger partial charge in [0.2, 0.25) is 5.89 Å². The first-order valence-electron chi connectivity index (χ1n) is 10.3. The highest BCUT2D eigenvalue weighted by molar-refractivity contribution is 14.0. The number of aromatic amines is 1. The zero-order valence-electron chi connectivity index (χ0n) is 18.1. The van der Waals surface area contributed by atoms with Gasteiger partial charge in [-0.1, -0.05) is 17.7 Å². The lowest BCUT2D eigenvalue weighted by Gasteiger charge is -2.11. The number of guanidine groups is 1. The average molecular weight is 547 g/mol. The third-order valence-electron chi connectivity index (χ3n) is 5.16. The van der Waals surface area contributed by atoms with E-state index in [0.29, 0.717) is 19.0 Å². The molecule has 2 heterocycles. The molecule has 0 atom stereocenters. The summed E-state index contributed by atoms with van der Waals surface area (Å²) in [5.74, 6) is 1.13. The first kappa shape index (κ1) is 23.8. The van der Waals surface area contributed by atoms with Crippen LogP contribution in [0.3, 0.4) is 0 Å². The van der Waals surface area contributed by atoms with Crippen LogP contribution < -0.4 is 10.6 Å². The molecule has 0 amide bonds. The summed E-state index contributed by atoms with van der Waals surface area (Å²) >= 11 is 0. The van der Waals surface area contributed by atoms with Gasteiger partial charge in [-0.05, 0) is 49.2 Å². The van der Waals surface area contributed by atoms with E-state index in [-0.39, 0.29) is 29.8 Å². The second-order valence-electron chi connectivity index (χ2n) is 7.44. The number of benzene rings is 2. The summed E-state index contributed by atoms with van der Waals surface area (Å²) < 4.78 is 18.9. The molecule has 0 spiro atoms. The van der Waals surface area contributed by atoms with E-state index in [1.54, 1.807) is 13.3 Å². The van der Waals surface area contributed by atoms with Gasteiger partial charge in [0.05, 0.1) is 5.69 Å². The fourth-order valence-electron chi connectivity index (χ4n) is 3.46. The first-order chi connectivity index (χ1) is 15.1. The minimum absolute atomic E-state index is 0. The number of nitrogens with one attached hydrogen (secondary N) is 3. The van der Waals surface area contributed by atoms with Crippen LogP contribution in [0, 0.1) is 12.7 Å². The zero-order chi connectivity index (χ0) is 21.6. The molecular formula is C24H27FIN5O. The van der Waals surface area contributed by atoms with Crippen LogP contribution >= 0.6 is 24.0 Å². The van der Waals surface area contributed by atoms with Crippen molar-refractivity contribution in [3.8, 4) is 11.5 Å². The van der Waals surface area contributed by atoms with Crippen LogP contribution in [0.1, 0.15) is 16.8 Å². The van der Waals surface area contributed by atoms with Gasteiger partial charge in [0.15, 0.2) is 5.96 Å². The van der Waals surface area contributed by atoms with Crippen LogP contribution in [-0.4, -0.2) is 36.1 Å². The minimum Gasteiger partial charge on any atom is -0.444 e. The van der Waals surface area contributed by atoms with Crippen molar-refractivity contribution in [2.45, 2.75) is 19.8 Å². The van der Waals surface area contributed by atoms with Gasteiger partial charge in [0.1, 0.15) is 12.1 Å². The van der Waals surface area contributed by atoms with E-state index in [2.05, 4.69) is 32.5 Å². The molecule has 32 heavy (non-hydrogen) atoms. The Morgan fingerprint density at radius 2 is 1.84 bits per heavy atom. The van der Waals surface area contributed by atoms with Crippen molar-refractivity contribution in [1.82, 2.24) is 20.6 Å². The number of oxazole rings is 1. The quantitative estimate of drug-likeness (QED) is 0.176. The van der Waals surface area contributed by atoms with E-state index in [9.17, 15) is 4.39 Å². The van der Waals surface area contributed by atoms with Gasteiger partial charge in [0, 0.05) is 49.2 Å². The van der Waals surface area contributed by atoms with Gasteiger partial charge in [0.25, 0.3) is 0 Å². The van der Waals surface area contributed by atoms with E-state index < -0.39 is 0 Å². The lowest BCUT2D eigenvalue weighted by molar-refractivity contribution is 0.572. The molecule has 4 aromatic rings. The summed E-state index contributed by atoms with van der Waals surface area (Å²) in [5.41, 5.74) is 5.03. The van der Waals surface area contributed by atoms with Crippen molar-refractivity contribution in [3.05, 3.63) is 77.6 Å². The zero-order valence-corrected chi connectivity index (χ0v) is 20.4. The number of H-pyrrole nitrogens is 1. The van der Waals surface area contributed by atoms with Crippen LogP contribution in [0.15, 0.2) is 64.3 Å². The molecule has 0 bridgehead atoms. The molecule has 0 aliphatic heterocycles. The number of nitrogens with zero attached hydrogens (tertiary/aromatic N) is 2. The van der Waals surface area contributed by atoms with Crippen molar-refractivity contribution in [1.29, 1.82) is 0 Å². The van der Waals surface area contributed by atoms with E-state index >= 15 is 0 Å². The van der Waals surface area contributed by atoms with Gasteiger partial charge >= 0.3 is 0 Å². The smallest absolute Gasteiger partial charge is 0.226 e. The van der Waals surface area contributed by atoms with Crippen molar-refractivity contribution >= 4 is 40.8 Å². The summed E-state index contributed by atoms with van der Waals surface area (Å²) in [5, 5.41) is 7.66. The molecule has 2 aromatic carbocycles. The van der Waals surface area contributed by atoms with Crippen molar-refractivity contribution in [2.24, 2.45) is 4.99 Å². The highest BCUT2D eigenvalue weighted by Gasteiger charge is 2.08. The van der Waals surface area contributed by atoms with Crippen molar-refractivity contribution in [3.63, 3.8) is 0 Å². The maximum absolute atomic E-state index is 13.3. The first-order valence-corrected chi connectivity index (χ1v) is 10.3. The molecule has 0 radical (unpaired) electrons. The van der Waals surface area contributed by atoms with E-state index in [4.69, 9.17) is 4.42 Å². The van der Waals surface area contributed by atoms with Gasteiger partial charge in [-0.15, -0.1) is 24.0 Å². The van der Waals surface area contributed by atoms with Crippen molar-refractivity contribution in [2.75, 3.05) is 20.1 Å². The number of halogens is 2. The number of hydrogen-bond donors (Lipinski definition) is 3. The predicted octanol–water partition coefficient (Wildman–Crippen LogP) is 4.84. The molecule has 0 aliphatic rings. The summed E-state index contributed by atoms with van der Waals surface area (Å²) in [6, 6.07) is 12.9. The Kier molecular flexibility index (Phi) is 8.26. The van der Waals surface area contributed by atoms with Crippen LogP contribution in [-0.2, 0) is 12.8 Å². The number of rotatable bonds is 7. The average Bonchev–Trinajstić information content (AvgIpc) is 3.40. The number of aryl methyl sites for hydroxylation is 1. The predicted molar refractivity (Wildman–Crippen MR) is 137 cm³/mol. The maximum Gasteiger partial charge on any atom is 0.226 e. The van der Waals surface area contributed by atoms with Crippen LogP contribution in [0.4, 0.5) is 4.39 Å². The van der Waals surface area contributed by atoms with E-state index in [1.165, 1.54) is 17.7 Å². The Bertz CT molecular complexity index is 1180. The third kappa shape index (κ3) is 5.87. The lowest BCUT2D eigenvalue weighted by atomic mass is 10.1. The Labute approximate surface area is 203 Å². The van der Waals surface area contributed by atoms with E-state index in [1.807, 2.05) is 36.5 Å². The largest absolute Gasteiger partial charge is 0.444 e. The second kappa shape index (κ2) is 11.1. The van der Waals surface area contributed by atoms with Gasteiger partial charge in [-0.25, -0.2) is 9.37 Å². The van der Waals surface area contributed by atoms with Crippen LogP contribution in [0.5, 0.6) is 0 Å². The molecule has 6 nitrogen and oxygen atoms in total.